The molecule has 0 atom stereocenters. The van der Waals surface area contributed by atoms with Crippen molar-refractivity contribution in [2.75, 3.05) is 26.2 Å². The quantitative estimate of drug-likeness (QED) is 0.547. The summed E-state index contributed by atoms with van der Waals surface area (Å²) in [4.78, 5) is 51.5. The highest BCUT2D eigenvalue weighted by molar-refractivity contribution is 9.10. The molecule has 0 aliphatic carbocycles. The molecule has 1 N–H and O–H groups in total. The highest BCUT2D eigenvalue weighted by Gasteiger charge is 2.37. The van der Waals surface area contributed by atoms with Crippen LogP contribution in [0.4, 0.5) is 4.79 Å². The summed E-state index contributed by atoms with van der Waals surface area (Å²) >= 11 is 3.27. The zero-order valence-electron chi connectivity index (χ0n) is 15.2. The third-order valence-corrected chi connectivity index (χ3v) is 5.17. The van der Waals surface area contributed by atoms with Crippen LogP contribution in [-0.2, 0) is 9.53 Å². The van der Waals surface area contributed by atoms with E-state index in [-0.39, 0.29) is 19.2 Å². The van der Waals surface area contributed by atoms with Gasteiger partial charge >= 0.3 is 6.09 Å². The van der Waals surface area contributed by atoms with Crippen LogP contribution in [0.15, 0.2) is 35.3 Å². The molecule has 9 heteroatoms. The van der Waals surface area contributed by atoms with Crippen LogP contribution in [0.2, 0.25) is 0 Å². The fourth-order valence-electron chi connectivity index (χ4n) is 3.25. The summed E-state index contributed by atoms with van der Waals surface area (Å²) in [5, 5.41) is 2.84. The molecular weight excluding hydrogens is 430 g/mol. The number of fused-ring (bicyclic) bond motifs is 1. The first-order valence-electron chi connectivity index (χ1n) is 8.88. The maximum atomic E-state index is 12.4. The van der Waals surface area contributed by atoms with Crippen LogP contribution < -0.4 is 5.32 Å². The molecule has 0 aromatic heterocycles. The van der Waals surface area contributed by atoms with Gasteiger partial charge in [-0.3, -0.25) is 19.3 Å². The number of halogens is 1. The number of imide groups is 1. The van der Waals surface area contributed by atoms with Gasteiger partial charge in [0.15, 0.2) is 0 Å². The number of carbonyl (C=O) groups is 4. The fraction of sp³-hybridized carbons (Fsp3) is 0.368. The number of hydrogen-bond acceptors (Lipinski definition) is 5. The molecule has 1 fully saturated rings. The first kappa shape index (κ1) is 20.1. The molecule has 0 saturated carbocycles. The predicted molar refractivity (Wildman–Crippen MR) is 104 cm³/mol. The smallest absolute Gasteiger partial charge is 0.410 e. The molecule has 0 unspecified atom stereocenters. The second-order valence-corrected chi connectivity index (χ2v) is 7.50. The van der Waals surface area contributed by atoms with Crippen LogP contribution in [0, 0.1) is 0 Å². The fourth-order valence-corrected chi connectivity index (χ4v) is 3.61. The monoisotopic (exact) mass is 449 g/mol. The van der Waals surface area contributed by atoms with E-state index < -0.39 is 23.8 Å². The lowest BCUT2D eigenvalue weighted by Gasteiger charge is -2.31. The Hall–Kier alpha value is -2.68. The van der Waals surface area contributed by atoms with E-state index in [1.165, 1.54) is 6.08 Å². The number of piperidine rings is 1. The van der Waals surface area contributed by atoms with Crippen molar-refractivity contribution in [1.29, 1.82) is 0 Å². The number of nitrogens with one attached hydrogen (secondary N) is 1. The zero-order chi connectivity index (χ0) is 20.3. The van der Waals surface area contributed by atoms with Gasteiger partial charge in [-0.25, -0.2) is 4.79 Å². The second-order valence-electron chi connectivity index (χ2n) is 6.58. The molecule has 1 aromatic carbocycles. The van der Waals surface area contributed by atoms with E-state index in [2.05, 4.69) is 27.8 Å². The van der Waals surface area contributed by atoms with Crippen LogP contribution in [0.3, 0.4) is 0 Å². The Bertz CT molecular complexity index is 833. The van der Waals surface area contributed by atoms with Crippen molar-refractivity contribution in [3.8, 4) is 0 Å². The average molecular weight is 450 g/mol. The molecule has 0 spiro atoms. The lowest BCUT2D eigenvalue weighted by molar-refractivity contribution is -0.122. The Morgan fingerprint density at radius 3 is 2.57 bits per heavy atom. The van der Waals surface area contributed by atoms with E-state index in [0.29, 0.717) is 41.5 Å². The number of hydrogen-bond donors (Lipinski definition) is 1. The average Bonchev–Trinajstić information content (AvgIpc) is 2.91. The van der Waals surface area contributed by atoms with Crippen molar-refractivity contribution in [3.63, 3.8) is 0 Å². The molecule has 2 aliphatic heterocycles. The Morgan fingerprint density at radius 2 is 1.89 bits per heavy atom. The van der Waals surface area contributed by atoms with Crippen LogP contribution in [0.5, 0.6) is 0 Å². The Morgan fingerprint density at radius 1 is 1.21 bits per heavy atom. The van der Waals surface area contributed by atoms with Gasteiger partial charge < -0.3 is 15.0 Å². The minimum Gasteiger partial charge on any atom is -0.445 e. The van der Waals surface area contributed by atoms with E-state index in [1.807, 2.05) is 0 Å². The number of carbonyl (C=O) groups excluding carboxylic acids is 4. The number of nitrogens with zero attached hydrogens (tertiary/aromatic N) is 2. The summed E-state index contributed by atoms with van der Waals surface area (Å²) in [6.07, 6.45) is 2.25. The Balaban J connectivity index is 1.51. The van der Waals surface area contributed by atoms with Crippen LogP contribution in [0.25, 0.3) is 0 Å². The molecule has 3 rings (SSSR count). The number of ether oxygens (including phenoxy) is 1. The third kappa shape index (κ3) is 4.24. The summed E-state index contributed by atoms with van der Waals surface area (Å²) in [6, 6.07) is 4.70. The normalized spacial score (nSPS) is 16.8. The molecule has 1 aromatic rings. The van der Waals surface area contributed by atoms with Crippen molar-refractivity contribution in [3.05, 3.63) is 46.5 Å². The van der Waals surface area contributed by atoms with Gasteiger partial charge in [0.2, 0.25) is 5.91 Å². The Kier molecular flexibility index (Phi) is 6.13. The summed E-state index contributed by atoms with van der Waals surface area (Å²) in [5.41, 5.74) is 0.589. The van der Waals surface area contributed by atoms with E-state index in [1.54, 1.807) is 23.1 Å². The standard InChI is InChI=1S/C19H20BrN3O5/c1-2-9-28-19(27)22-7-5-13(6-8-22)21-16(24)11-23-17(25)14-4-3-12(20)10-15(14)18(23)26/h2-4,10,13H,1,5-9,11H2,(H,21,24). The summed E-state index contributed by atoms with van der Waals surface area (Å²) in [7, 11) is 0. The lowest BCUT2D eigenvalue weighted by atomic mass is 10.1. The molecule has 148 valence electrons. The van der Waals surface area contributed by atoms with E-state index in [0.717, 1.165) is 4.90 Å². The van der Waals surface area contributed by atoms with Crippen molar-refractivity contribution >= 4 is 39.7 Å². The third-order valence-electron chi connectivity index (χ3n) is 4.68. The van der Waals surface area contributed by atoms with Crippen LogP contribution >= 0.6 is 15.9 Å². The van der Waals surface area contributed by atoms with Gasteiger partial charge in [0.05, 0.1) is 11.1 Å². The molecule has 8 nitrogen and oxygen atoms in total. The van der Waals surface area contributed by atoms with Gasteiger partial charge in [0.1, 0.15) is 13.2 Å². The van der Waals surface area contributed by atoms with Gasteiger partial charge in [-0.1, -0.05) is 28.6 Å². The molecule has 28 heavy (non-hydrogen) atoms. The molecule has 1 saturated heterocycles. The highest BCUT2D eigenvalue weighted by atomic mass is 79.9. The molecule has 0 bridgehead atoms. The van der Waals surface area contributed by atoms with Crippen LogP contribution in [-0.4, -0.2) is 65.9 Å². The maximum Gasteiger partial charge on any atom is 0.410 e. The number of benzene rings is 1. The number of amides is 4. The molecule has 2 aliphatic rings. The molecule has 0 radical (unpaired) electrons. The second kappa shape index (κ2) is 8.55. The van der Waals surface area contributed by atoms with E-state index >= 15 is 0 Å². The van der Waals surface area contributed by atoms with Gasteiger partial charge in [-0.05, 0) is 31.0 Å². The first-order valence-corrected chi connectivity index (χ1v) is 9.67. The van der Waals surface area contributed by atoms with Crippen molar-refractivity contribution in [2.24, 2.45) is 0 Å². The van der Waals surface area contributed by atoms with Crippen molar-refractivity contribution < 1.29 is 23.9 Å². The molecule has 2 heterocycles. The number of rotatable bonds is 5. The van der Waals surface area contributed by atoms with E-state index in [4.69, 9.17) is 4.74 Å². The lowest BCUT2D eigenvalue weighted by Crippen LogP contribution is -2.49. The zero-order valence-corrected chi connectivity index (χ0v) is 16.7. The van der Waals surface area contributed by atoms with E-state index in [9.17, 15) is 19.2 Å². The maximum absolute atomic E-state index is 12.4. The summed E-state index contributed by atoms with van der Waals surface area (Å²) in [6.45, 7) is 4.25. The van der Waals surface area contributed by atoms with Gasteiger partial charge in [-0.2, -0.15) is 0 Å². The van der Waals surface area contributed by atoms with Gasteiger partial charge in [0.25, 0.3) is 11.8 Å². The molecular formula is C19H20BrN3O5. The highest BCUT2D eigenvalue weighted by Crippen LogP contribution is 2.25. The van der Waals surface area contributed by atoms with Gasteiger partial charge in [-0.15, -0.1) is 0 Å². The minimum atomic E-state index is -0.476. The summed E-state index contributed by atoms with van der Waals surface area (Å²) in [5.74, 6) is -1.35. The van der Waals surface area contributed by atoms with Crippen molar-refractivity contribution in [1.82, 2.24) is 15.1 Å². The van der Waals surface area contributed by atoms with Gasteiger partial charge in [0, 0.05) is 23.6 Å². The SMILES string of the molecule is C=CCOC(=O)N1CCC(NC(=O)CN2C(=O)c3ccc(Br)cc3C2=O)CC1. The first-order chi connectivity index (χ1) is 13.4. The largest absolute Gasteiger partial charge is 0.445 e. The Labute approximate surface area is 170 Å². The number of likely N-dealkylation sites (tertiary alicyclic amines) is 1. The van der Waals surface area contributed by atoms with Crippen LogP contribution in [0.1, 0.15) is 33.6 Å². The van der Waals surface area contributed by atoms with Crippen molar-refractivity contribution in [2.45, 2.75) is 18.9 Å². The topological polar surface area (TPSA) is 96.0 Å². The predicted octanol–water partition coefficient (Wildman–Crippen LogP) is 1.95. The molecule has 4 amide bonds. The minimum absolute atomic E-state index is 0.125. The summed E-state index contributed by atoms with van der Waals surface area (Å²) < 4.78 is 5.69.